The van der Waals surface area contributed by atoms with Gasteiger partial charge in [0.1, 0.15) is 0 Å². The lowest BCUT2D eigenvalue weighted by Crippen LogP contribution is -2.17. The molecule has 144 valence electrons. The molecule has 1 aliphatic carbocycles. The summed E-state index contributed by atoms with van der Waals surface area (Å²) in [5.74, 6) is 0. The van der Waals surface area contributed by atoms with Crippen LogP contribution in [0.3, 0.4) is 0 Å². The first-order valence-corrected chi connectivity index (χ1v) is 11.5. The number of aryl methyl sites for hydroxylation is 1. The Kier molecular flexibility index (Phi) is 4.31. The molecule has 0 nitrogen and oxygen atoms in total. The van der Waals surface area contributed by atoms with Gasteiger partial charge in [0.15, 0.2) is 0 Å². The van der Waals surface area contributed by atoms with Crippen molar-refractivity contribution in [1.29, 1.82) is 0 Å². The zero-order valence-electron chi connectivity index (χ0n) is 17.0. The number of rotatable bonds is 1. The zero-order valence-corrected chi connectivity index (χ0v) is 20.2. The van der Waals surface area contributed by atoms with Crippen molar-refractivity contribution in [1.82, 2.24) is 0 Å². The first kappa shape index (κ1) is 19.1. The van der Waals surface area contributed by atoms with E-state index in [1.807, 2.05) is 0 Å². The summed E-state index contributed by atoms with van der Waals surface area (Å²) in [4.78, 5) is 0. The van der Waals surface area contributed by atoms with Gasteiger partial charge in [-0.1, -0.05) is 82.1 Å². The van der Waals surface area contributed by atoms with Gasteiger partial charge in [-0.25, -0.2) is 0 Å². The number of halogens is 2. The Hall–Kier alpha value is -1.90. The van der Waals surface area contributed by atoms with Crippen LogP contribution < -0.4 is 0 Å². The van der Waals surface area contributed by atoms with Crippen LogP contribution in [0.2, 0.25) is 0 Å². The third kappa shape index (κ3) is 2.69. The van der Waals surface area contributed by atoms with Crippen LogP contribution in [0.15, 0.2) is 69.6 Å². The predicted molar refractivity (Wildman–Crippen MR) is 132 cm³/mol. The fourth-order valence-electron chi connectivity index (χ4n) is 5.27. The first-order chi connectivity index (χ1) is 13.8. The predicted octanol–water partition coefficient (Wildman–Crippen LogP) is 8.95. The van der Waals surface area contributed by atoms with Gasteiger partial charge in [0.25, 0.3) is 0 Å². The molecule has 0 unspecified atom stereocenters. The lowest BCUT2D eigenvalue weighted by molar-refractivity contribution is 0.656. The molecule has 0 heterocycles. The van der Waals surface area contributed by atoms with Gasteiger partial charge in [-0.15, -0.1) is 0 Å². The maximum atomic E-state index is 3.69. The van der Waals surface area contributed by atoms with Crippen LogP contribution in [-0.4, -0.2) is 0 Å². The molecule has 0 saturated heterocycles. The van der Waals surface area contributed by atoms with Crippen LogP contribution in [0, 0.1) is 13.8 Å². The van der Waals surface area contributed by atoms with Crippen LogP contribution in [0.5, 0.6) is 0 Å². The van der Waals surface area contributed by atoms with E-state index >= 15 is 0 Å². The summed E-state index contributed by atoms with van der Waals surface area (Å²) < 4.78 is 2.27. The molecular weight excluding hydrogens is 484 g/mol. The third-order valence-electron chi connectivity index (χ3n) is 6.47. The average molecular weight is 506 g/mol. The second-order valence-electron chi connectivity index (χ2n) is 8.57. The Labute approximate surface area is 189 Å². The molecule has 0 bridgehead atoms. The average Bonchev–Trinajstić information content (AvgIpc) is 2.91. The fourth-order valence-corrected chi connectivity index (χ4v) is 6.11. The van der Waals surface area contributed by atoms with E-state index in [1.165, 1.54) is 55.3 Å². The highest BCUT2D eigenvalue weighted by atomic mass is 79.9. The van der Waals surface area contributed by atoms with E-state index in [0.717, 1.165) is 8.95 Å². The summed E-state index contributed by atoms with van der Waals surface area (Å²) in [6, 6.07) is 22.3. The molecule has 0 atom stereocenters. The lowest BCUT2D eigenvalue weighted by atomic mass is 9.77. The minimum atomic E-state index is -0.0411. The highest BCUT2D eigenvalue weighted by Gasteiger charge is 2.39. The Morgan fingerprint density at radius 1 is 0.690 bits per heavy atom. The molecule has 0 amide bonds. The molecule has 4 aromatic rings. The highest BCUT2D eigenvalue weighted by molar-refractivity contribution is 9.10. The monoisotopic (exact) mass is 504 g/mol. The van der Waals surface area contributed by atoms with Crippen molar-refractivity contribution in [2.24, 2.45) is 0 Å². The van der Waals surface area contributed by atoms with Crippen LogP contribution >= 0.6 is 31.9 Å². The molecule has 4 aromatic carbocycles. The van der Waals surface area contributed by atoms with Crippen molar-refractivity contribution in [3.8, 4) is 22.3 Å². The smallest absolute Gasteiger partial charge is 0.0178 e. The molecule has 1 aliphatic rings. The molecule has 29 heavy (non-hydrogen) atoms. The van der Waals surface area contributed by atoms with Crippen molar-refractivity contribution in [2.75, 3.05) is 0 Å². The topological polar surface area (TPSA) is 0 Å². The van der Waals surface area contributed by atoms with Gasteiger partial charge in [-0.3, -0.25) is 0 Å². The van der Waals surface area contributed by atoms with E-state index in [9.17, 15) is 0 Å². The number of fused-ring (bicyclic) bond motifs is 5. The van der Waals surface area contributed by atoms with E-state index in [-0.39, 0.29) is 5.41 Å². The molecule has 2 heteroatoms. The van der Waals surface area contributed by atoms with Crippen molar-refractivity contribution in [3.63, 3.8) is 0 Å². The van der Waals surface area contributed by atoms with Gasteiger partial charge in [0.2, 0.25) is 0 Å². The quantitative estimate of drug-likeness (QED) is 0.242. The van der Waals surface area contributed by atoms with Gasteiger partial charge in [0, 0.05) is 14.4 Å². The van der Waals surface area contributed by atoms with Gasteiger partial charge < -0.3 is 0 Å². The second kappa shape index (κ2) is 6.55. The molecule has 0 aliphatic heterocycles. The molecule has 0 fully saturated rings. The number of hydrogen-bond acceptors (Lipinski definition) is 0. The molecular formula is C27H22Br2. The standard InChI is InChI=1S/C27H22Br2/c1-15-13-17(28)9-11-19(15)24-16(2)26-25(21-8-6-5-7-20(21)24)22-12-10-18(29)14-23(22)27(26,3)4/h5-14H,1-4H3. The molecule has 0 saturated carbocycles. The first-order valence-electron chi connectivity index (χ1n) is 9.93. The summed E-state index contributed by atoms with van der Waals surface area (Å²) in [7, 11) is 0. The minimum absolute atomic E-state index is 0.0411. The Morgan fingerprint density at radius 2 is 1.28 bits per heavy atom. The molecule has 5 rings (SSSR count). The van der Waals surface area contributed by atoms with E-state index < -0.39 is 0 Å². The zero-order chi connectivity index (χ0) is 20.5. The largest absolute Gasteiger partial charge is 0.0616 e. The van der Waals surface area contributed by atoms with Gasteiger partial charge in [-0.05, 0) is 93.4 Å². The van der Waals surface area contributed by atoms with Crippen molar-refractivity contribution in [3.05, 3.63) is 91.9 Å². The molecule has 0 radical (unpaired) electrons. The summed E-state index contributed by atoms with van der Waals surface area (Å²) in [5.41, 5.74) is 11.0. The SMILES string of the molecule is Cc1cc(Br)ccc1-c1c(C)c2c(c3ccccc13)-c1ccc(Br)cc1C2(C)C. The number of benzene rings is 4. The third-order valence-corrected chi connectivity index (χ3v) is 7.46. The van der Waals surface area contributed by atoms with E-state index in [2.05, 4.69) is 120 Å². The van der Waals surface area contributed by atoms with Crippen molar-refractivity contribution in [2.45, 2.75) is 33.1 Å². The van der Waals surface area contributed by atoms with E-state index in [1.54, 1.807) is 0 Å². The second-order valence-corrected chi connectivity index (χ2v) is 10.4. The maximum absolute atomic E-state index is 3.69. The number of hydrogen-bond donors (Lipinski definition) is 0. The van der Waals surface area contributed by atoms with Gasteiger partial charge >= 0.3 is 0 Å². The molecule has 0 N–H and O–H groups in total. The van der Waals surface area contributed by atoms with Gasteiger partial charge in [0.05, 0.1) is 0 Å². The Balaban J connectivity index is 1.98. The highest BCUT2D eigenvalue weighted by Crippen LogP contribution is 2.55. The Bertz CT molecular complexity index is 1310. The van der Waals surface area contributed by atoms with Gasteiger partial charge in [-0.2, -0.15) is 0 Å². The molecule has 0 aromatic heterocycles. The summed E-state index contributed by atoms with van der Waals surface area (Å²) in [6.45, 7) is 9.25. The van der Waals surface area contributed by atoms with Crippen molar-refractivity contribution < 1.29 is 0 Å². The molecule has 0 spiro atoms. The summed E-state index contributed by atoms with van der Waals surface area (Å²) in [6.07, 6.45) is 0. The normalized spacial score (nSPS) is 14.1. The lowest BCUT2D eigenvalue weighted by Gasteiger charge is -2.26. The van der Waals surface area contributed by atoms with Crippen LogP contribution in [0.4, 0.5) is 0 Å². The van der Waals surface area contributed by atoms with Crippen LogP contribution in [0.25, 0.3) is 33.0 Å². The summed E-state index contributed by atoms with van der Waals surface area (Å²) >= 11 is 7.32. The fraction of sp³-hybridized carbons (Fsp3) is 0.185. The van der Waals surface area contributed by atoms with Crippen LogP contribution in [0.1, 0.15) is 36.1 Å². The van der Waals surface area contributed by atoms with E-state index in [4.69, 9.17) is 0 Å². The van der Waals surface area contributed by atoms with Crippen molar-refractivity contribution >= 4 is 42.6 Å². The Morgan fingerprint density at radius 3 is 1.93 bits per heavy atom. The maximum Gasteiger partial charge on any atom is 0.0178 e. The van der Waals surface area contributed by atoms with Crippen LogP contribution in [-0.2, 0) is 5.41 Å². The van der Waals surface area contributed by atoms with E-state index in [0.29, 0.717) is 0 Å². The summed E-state index contributed by atoms with van der Waals surface area (Å²) in [5, 5.41) is 2.68. The minimum Gasteiger partial charge on any atom is -0.0616 e.